The van der Waals surface area contributed by atoms with E-state index >= 15 is 0 Å². The molecule has 3 aromatic carbocycles. The molecule has 0 saturated carbocycles. The lowest BCUT2D eigenvalue weighted by atomic mass is 10.1. The largest absolute Gasteiger partial charge is 0.370 e. The van der Waals surface area contributed by atoms with Crippen LogP contribution in [0.15, 0.2) is 31.3 Å². The molecule has 0 unspecified atom stereocenters. The van der Waals surface area contributed by atoms with Crippen molar-refractivity contribution in [2.75, 3.05) is 0 Å². The lowest BCUT2D eigenvalue weighted by molar-refractivity contribution is 0.0412. The summed E-state index contributed by atoms with van der Waals surface area (Å²) in [6, 6.07) is 0.896. The van der Waals surface area contributed by atoms with Crippen LogP contribution >= 0.6 is 0 Å². The second-order valence-electron chi connectivity index (χ2n) is 8.40. The fourth-order valence-electron chi connectivity index (χ4n) is 3.92. The molecule has 5 rings (SSSR count). The highest BCUT2D eigenvalue weighted by molar-refractivity contribution is 5.98. The molecule has 44 heavy (non-hydrogen) atoms. The first kappa shape index (κ1) is 29.7. The minimum absolute atomic E-state index is 0.448. The minimum atomic E-state index is -2.66. The van der Waals surface area contributed by atoms with Gasteiger partial charge in [-0.25, -0.2) is 53.5 Å². The molecule has 2 aromatic heterocycles. The molecule has 0 amide bonds. The summed E-state index contributed by atoms with van der Waals surface area (Å²) < 4.78 is 135. The molecule has 2 heterocycles. The third-order valence-corrected chi connectivity index (χ3v) is 5.99. The summed E-state index contributed by atoms with van der Waals surface area (Å²) in [7, 11) is 0. The van der Waals surface area contributed by atoms with E-state index in [0.29, 0.717) is 12.1 Å². The lowest BCUT2D eigenvalue weighted by Crippen LogP contribution is -2.37. The van der Waals surface area contributed by atoms with Crippen molar-refractivity contribution < 1.29 is 63.2 Å². The van der Waals surface area contributed by atoms with Crippen LogP contribution in [-0.4, -0.2) is 21.4 Å². The second kappa shape index (κ2) is 9.88. The number of nitrogens with zero attached hydrogens (tertiary/aromatic N) is 2. The predicted octanol–water partition coefficient (Wildman–Crippen LogP) is 1.84. The van der Waals surface area contributed by atoms with Gasteiger partial charge in [-0.3, -0.25) is 19.2 Å². The van der Waals surface area contributed by atoms with Crippen LogP contribution in [-0.2, 0) is 0 Å². The Balaban J connectivity index is 1.59. The molecule has 20 heteroatoms. The SMILES string of the molecule is O=C(On1c(=O)c2cc3c(=O)n(OC(=O)c4c(F)c(F)c(F)c(F)c4F)c(=O)c3cc2c1=O)c1c(F)c(F)c(F)c(F)c1F. The fourth-order valence-corrected chi connectivity index (χ4v) is 3.92. The highest BCUT2D eigenvalue weighted by Crippen LogP contribution is 2.24. The van der Waals surface area contributed by atoms with Gasteiger partial charge in [-0.1, -0.05) is 9.46 Å². The molecule has 0 spiro atoms. The molecule has 10 nitrogen and oxygen atoms in total. The van der Waals surface area contributed by atoms with Crippen molar-refractivity contribution in [1.82, 2.24) is 9.46 Å². The minimum Gasteiger partial charge on any atom is -0.324 e. The Hall–Kier alpha value is -5.82. The topological polar surface area (TPSA) is 131 Å². The van der Waals surface area contributed by atoms with Gasteiger partial charge < -0.3 is 9.68 Å². The summed E-state index contributed by atoms with van der Waals surface area (Å²) in [6.07, 6.45) is 0. The molecule has 0 N–H and O–H groups in total. The summed E-state index contributed by atoms with van der Waals surface area (Å²) in [5.74, 6) is -31.1. The van der Waals surface area contributed by atoms with E-state index in [1.807, 2.05) is 0 Å². The molecule has 0 saturated heterocycles. The number of rotatable bonds is 4. The third kappa shape index (κ3) is 3.97. The van der Waals surface area contributed by atoms with Crippen molar-refractivity contribution in [2.24, 2.45) is 0 Å². The van der Waals surface area contributed by atoms with Gasteiger partial charge in [0.05, 0.1) is 21.5 Å². The van der Waals surface area contributed by atoms with Crippen LogP contribution < -0.4 is 31.9 Å². The van der Waals surface area contributed by atoms with E-state index in [0.717, 1.165) is 0 Å². The first-order valence-corrected chi connectivity index (χ1v) is 10.9. The van der Waals surface area contributed by atoms with Gasteiger partial charge in [0.2, 0.25) is 11.6 Å². The van der Waals surface area contributed by atoms with Crippen molar-refractivity contribution in [3.8, 4) is 0 Å². The Bertz CT molecular complexity index is 2080. The molecule has 0 atom stereocenters. The number of halogens is 10. The number of hydrogen-bond acceptors (Lipinski definition) is 8. The predicted molar refractivity (Wildman–Crippen MR) is 119 cm³/mol. The van der Waals surface area contributed by atoms with Gasteiger partial charge in [0.1, 0.15) is 11.1 Å². The smallest absolute Gasteiger partial charge is 0.324 e. The van der Waals surface area contributed by atoms with Gasteiger partial charge in [-0.05, 0) is 12.1 Å². The van der Waals surface area contributed by atoms with Crippen molar-refractivity contribution in [3.63, 3.8) is 0 Å². The maximum absolute atomic E-state index is 13.9. The molecule has 0 aliphatic rings. The second-order valence-corrected chi connectivity index (χ2v) is 8.40. The Morgan fingerprint density at radius 2 is 0.614 bits per heavy atom. The molecule has 0 radical (unpaired) electrons. The first-order valence-electron chi connectivity index (χ1n) is 10.9. The zero-order valence-corrected chi connectivity index (χ0v) is 20.1. The fraction of sp³-hybridized carbons (Fsp3) is 0. The van der Waals surface area contributed by atoms with Gasteiger partial charge in [0.25, 0.3) is 22.2 Å². The van der Waals surface area contributed by atoms with Crippen LogP contribution in [0.3, 0.4) is 0 Å². The van der Waals surface area contributed by atoms with E-state index < -0.39 is 134 Å². The Morgan fingerprint density at radius 1 is 0.409 bits per heavy atom. The molecule has 0 fully saturated rings. The maximum atomic E-state index is 13.9. The highest BCUT2D eigenvalue weighted by Gasteiger charge is 2.34. The van der Waals surface area contributed by atoms with E-state index in [1.54, 1.807) is 0 Å². The average Bonchev–Trinajstić information content (AvgIpc) is 3.35. The quantitative estimate of drug-likeness (QED) is 0.166. The molecule has 5 aromatic rings. The zero-order chi connectivity index (χ0) is 32.7. The standard InChI is InChI=1S/C24H2F10N2O8/c25-9-7(10(26)14(30)17(33)13(9)29)23(41)43-35-19(37)3-1-4-6(2-5(3)21(35)39)22(40)36(20(4)38)44-24(42)8-11(27)15(31)18(34)16(32)12(8)28/h1-2H. The van der Waals surface area contributed by atoms with Gasteiger partial charge in [0.15, 0.2) is 46.5 Å². The number of carbonyl (C=O) groups excluding carboxylic acids is 2. The summed E-state index contributed by atoms with van der Waals surface area (Å²) in [6.45, 7) is 0. The van der Waals surface area contributed by atoms with Gasteiger partial charge in [-0.2, -0.15) is 0 Å². The third-order valence-electron chi connectivity index (χ3n) is 5.99. The lowest BCUT2D eigenvalue weighted by Gasteiger charge is -2.07. The molecule has 0 aliphatic heterocycles. The zero-order valence-electron chi connectivity index (χ0n) is 20.1. The average molecular weight is 636 g/mol. The summed E-state index contributed by atoms with van der Waals surface area (Å²) >= 11 is 0. The van der Waals surface area contributed by atoms with Crippen LogP contribution in [0.5, 0.6) is 0 Å². The number of hydrogen-bond donors (Lipinski definition) is 0. The Morgan fingerprint density at radius 3 is 0.841 bits per heavy atom. The van der Waals surface area contributed by atoms with Crippen LogP contribution in [0, 0.1) is 58.2 Å². The van der Waals surface area contributed by atoms with Gasteiger partial charge in [-0.15, -0.1) is 0 Å². The maximum Gasteiger partial charge on any atom is 0.370 e. The van der Waals surface area contributed by atoms with E-state index in [-0.39, 0.29) is 0 Å². The molecule has 226 valence electrons. The van der Waals surface area contributed by atoms with Crippen molar-refractivity contribution in [3.05, 3.63) is 123 Å². The number of benzene rings is 3. The van der Waals surface area contributed by atoms with Crippen LogP contribution in [0.1, 0.15) is 20.7 Å². The van der Waals surface area contributed by atoms with Gasteiger partial charge >= 0.3 is 11.9 Å². The monoisotopic (exact) mass is 636 g/mol. The number of carbonyl (C=O) groups is 2. The van der Waals surface area contributed by atoms with E-state index in [4.69, 9.17) is 0 Å². The van der Waals surface area contributed by atoms with Crippen molar-refractivity contribution >= 4 is 33.5 Å². The molecule has 0 aliphatic carbocycles. The molecular formula is C24H2F10N2O8. The molecular weight excluding hydrogens is 634 g/mol. The Labute approximate surface area is 229 Å². The summed E-state index contributed by atoms with van der Waals surface area (Å²) in [5, 5.41) is -3.53. The number of fused-ring (bicyclic) bond motifs is 2. The van der Waals surface area contributed by atoms with Crippen molar-refractivity contribution in [1.29, 1.82) is 0 Å². The van der Waals surface area contributed by atoms with Crippen molar-refractivity contribution in [2.45, 2.75) is 0 Å². The summed E-state index contributed by atoms with van der Waals surface area (Å²) in [4.78, 5) is 83.6. The first-order chi connectivity index (χ1) is 20.5. The van der Waals surface area contributed by atoms with E-state index in [9.17, 15) is 72.7 Å². The van der Waals surface area contributed by atoms with Crippen LogP contribution in [0.25, 0.3) is 21.5 Å². The Kier molecular flexibility index (Phi) is 6.66. The van der Waals surface area contributed by atoms with E-state index in [2.05, 4.69) is 9.68 Å². The van der Waals surface area contributed by atoms with Gasteiger partial charge in [0, 0.05) is 0 Å². The number of aromatic nitrogens is 2. The van der Waals surface area contributed by atoms with Crippen LogP contribution in [0.2, 0.25) is 0 Å². The van der Waals surface area contributed by atoms with Crippen LogP contribution in [0.4, 0.5) is 43.9 Å². The van der Waals surface area contributed by atoms with E-state index in [1.165, 1.54) is 0 Å². The normalized spacial score (nSPS) is 11.5. The molecule has 0 bridgehead atoms. The summed E-state index contributed by atoms with van der Waals surface area (Å²) in [5.41, 5.74) is -11.2. The highest BCUT2D eigenvalue weighted by atomic mass is 19.2.